The molecule has 0 saturated carbocycles. The molecule has 1 fully saturated rings. The molecule has 1 aliphatic heterocycles. The molecule has 0 aliphatic carbocycles. The van der Waals surface area contributed by atoms with E-state index >= 15 is 0 Å². The largest absolute Gasteiger partial charge is 0.494 e. The number of amides is 1. The molecule has 39 heavy (non-hydrogen) atoms. The van der Waals surface area contributed by atoms with Gasteiger partial charge in [-0.25, -0.2) is 8.42 Å². The molecule has 4 aromatic rings. The quantitative estimate of drug-likeness (QED) is 0.286. The van der Waals surface area contributed by atoms with Gasteiger partial charge in [-0.15, -0.1) is 23.7 Å². The second-order valence-electron chi connectivity index (χ2n) is 9.26. The highest BCUT2D eigenvalue weighted by Gasteiger charge is 2.19. The van der Waals surface area contributed by atoms with Crippen LogP contribution in [0.25, 0.3) is 22.2 Å². The molecule has 1 aliphatic rings. The minimum absolute atomic E-state index is 0. The predicted octanol–water partition coefficient (Wildman–Crippen LogP) is 3.88. The van der Waals surface area contributed by atoms with Crippen LogP contribution in [0.4, 0.5) is 0 Å². The summed E-state index contributed by atoms with van der Waals surface area (Å²) in [5.74, 6) is -0.455. The number of nitrogens with one attached hydrogen (secondary N) is 2. The summed E-state index contributed by atoms with van der Waals surface area (Å²) >= 11 is 1.57. The normalized spacial score (nSPS) is 14.5. The third kappa shape index (κ3) is 6.62. The van der Waals surface area contributed by atoms with Gasteiger partial charge in [-0.3, -0.25) is 9.78 Å². The molecule has 1 aromatic carbocycles. The number of pyridine rings is 1. The Kier molecular flexibility index (Phi) is 8.96. The number of carbonyl (C=O) groups excluding carboxylic acids is 1. The zero-order valence-electron chi connectivity index (χ0n) is 21.3. The number of H-pyrrole nitrogens is 1. The Bertz CT molecular complexity index is 1560. The van der Waals surface area contributed by atoms with Crippen molar-refractivity contribution in [1.82, 2.24) is 25.1 Å². The van der Waals surface area contributed by atoms with Crippen LogP contribution in [0.2, 0.25) is 0 Å². The van der Waals surface area contributed by atoms with Gasteiger partial charge < -0.3 is 25.2 Å². The number of aromatic nitrogens is 2. The highest BCUT2D eigenvalue weighted by Crippen LogP contribution is 2.36. The van der Waals surface area contributed by atoms with E-state index in [0.29, 0.717) is 34.3 Å². The lowest BCUT2D eigenvalue weighted by atomic mass is 10.1. The van der Waals surface area contributed by atoms with Crippen molar-refractivity contribution in [1.29, 1.82) is 0 Å². The number of thiophene rings is 1. The Morgan fingerprint density at radius 3 is 2.67 bits per heavy atom. The number of aromatic amines is 1. The number of piperazine rings is 1. The summed E-state index contributed by atoms with van der Waals surface area (Å²) in [4.78, 5) is 25.5. The first-order chi connectivity index (χ1) is 18.3. The van der Waals surface area contributed by atoms with Crippen molar-refractivity contribution in [3.05, 3.63) is 76.8 Å². The number of aromatic hydroxyl groups is 1. The zero-order valence-corrected chi connectivity index (χ0v) is 23.8. The summed E-state index contributed by atoms with van der Waals surface area (Å²) in [5, 5.41) is 16.1. The topological polar surface area (TPSA) is 119 Å². The van der Waals surface area contributed by atoms with E-state index in [1.165, 1.54) is 12.3 Å². The number of benzene rings is 1. The van der Waals surface area contributed by atoms with E-state index < -0.39 is 9.84 Å². The van der Waals surface area contributed by atoms with Gasteiger partial charge in [0.2, 0.25) is 0 Å². The highest BCUT2D eigenvalue weighted by atomic mass is 35.5. The van der Waals surface area contributed by atoms with Crippen molar-refractivity contribution in [2.45, 2.75) is 11.4 Å². The van der Waals surface area contributed by atoms with Crippen LogP contribution in [0.1, 0.15) is 15.2 Å². The molecule has 206 valence electrons. The van der Waals surface area contributed by atoms with Crippen molar-refractivity contribution in [3.8, 4) is 17.1 Å². The van der Waals surface area contributed by atoms with Gasteiger partial charge >= 0.3 is 0 Å². The second kappa shape index (κ2) is 12.2. The van der Waals surface area contributed by atoms with Crippen LogP contribution >= 0.6 is 23.7 Å². The molecule has 0 radical (unpaired) electrons. The van der Waals surface area contributed by atoms with Crippen molar-refractivity contribution < 1.29 is 18.3 Å². The van der Waals surface area contributed by atoms with Gasteiger partial charge in [-0.05, 0) is 55.0 Å². The Labute approximate surface area is 237 Å². The van der Waals surface area contributed by atoms with E-state index in [-0.39, 0.29) is 34.8 Å². The SMILES string of the molecule is CN1CCN(C=CCS(=O)(=O)c2ccc(-c3c(O)[nH]c4ccc(C(=O)NCc5cccs5)cc34)nc2)CC1.Cl. The molecule has 0 unspecified atom stereocenters. The lowest BCUT2D eigenvalue weighted by molar-refractivity contribution is 0.0951. The molecule has 1 saturated heterocycles. The standard InChI is InChI=1S/C27H29N5O4S2.ClH/c1-31-10-12-32(13-11-31)9-3-15-38(35,36)21-6-8-24(28-18-21)25-22-16-19(5-7-23(22)30-27(25)34)26(33)29-17-20-4-2-14-37-20;/h2-9,14,16,18,30,34H,10-13,15,17H2,1H3,(H,29,33);1H. The Hall–Kier alpha value is -3.38. The number of rotatable bonds is 8. The van der Waals surface area contributed by atoms with E-state index in [1.807, 2.05) is 23.7 Å². The maximum atomic E-state index is 12.9. The van der Waals surface area contributed by atoms with Gasteiger partial charge in [-0.2, -0.15) is 0 Å². The van der Waals surface area contributed by atoms with Crippen LogP contribution < -0.4 is 5.32 Å². The molecule has 9 nitrogen and oxygen atoms in total. The van der Waals surface area contributed by atoms with Crippen LogP contribution in [0.3, 0.4) is 0 Å². The monoisotopic (exact) mass is 587 g/mol. The van der Waals surface area contributed by atoms with Gasteiger partial charge in [0.1, 0.15) is 0 Å². The molecule has 0 bridgehead atoms. The molecule has 12 heteroatoms. The number of hydrogen-bond donors (Lipinski definition) is 3. The van der Waals surface area contributed by atoms with Gasteiger partial charge in [0.05, 0.1) is 28.5 Å². The van der Waals surface area contributed by atoms with Crippen LogP contribution in [0.5, 0.6) is 5.88 Å². The molecular weight excluding hydrogens is 558 g/mol. The van der Waals surface area contributed by atoms with Gasteiger partial charge in [0.15, 0.2) is 15.7 Å². The van der Waals surface area contributed by atoms with E-state index in [4.69, 9.17) is 0 Å². The van der Waals surface area contributed by atoms with E-state index in [0.717, 1.165) is 31.1 Å². The summed E-state index contributed by atoms with van der Waals surface area (Å²) < 4.78 is 25.7. The Morgan fingerprint density at radius 2 is 1.97 bits per heavy atom. The van der Waals surface area contributed by atoms with Crippen molar-refractivity contribution in [2.75, 3.05) is 39.0 Å². The third-order valence-electron chi connectivity index (χ3n) is 6.57. The molecule has 0 spiro atoms. The highest BCUT2D eigenvalue weighted by molar-refractivity contribution is 7.91. The van der Waals surface area contributed by atoms with Crippen LogP contribution in [0.15, 0.2) is 71.2 Å². The maximum absolute atomic E-state index is 12.9. The fraction of sp³-hybridized carbons (Fsp3) is 0.259. The Morgan fingerprint density at radius 1 is 1.18 bits per heavy atom. The first-order valence-electron chi connectivity index (χ1n) is 12.2. The summed E-state index contributed by atoms with van der Waals surface area (Å²) in [7, 11) is -1.49. The maximum Gasteiger partial charge on any atom is 0.251 e. The number of hydrogen-bond acceptors (Lipinski definition) is 8. The first kappa shape index (κ1) is 28.6. The van der Waals surface area contributed by atoms with Gasteiger partial charge in [0, 0.05) is 53.7 Å². The minimum atomic E-state index is -3.56. The smallest absolute Gasteiger partial charge is 0.251 e. The first-order valence-corrected chi connectivity index (χ1v) is 14.8. The summed E-state index contributed by atoms with van der Waals surface area (Å²) in [5.41, 5.74) is 1.89. The number of sulfone groups is 1. The van der Waals surface area contributed by atoms with E-state index in [9.17, 15) is 18.3 Å². The number of likely N-dealkylation sites (N-methyl/N-ethyl adjacent to an activating group) is 1. The predicted molar refractivity (Wildman–Crippen MR) is 156 cm³/mol. The summed E-state index contributed by atoms with van der Waals surface area (Å²) in [6.07, 6.45) is 4.83. The number of nitrogens with zero attached hydrogens (tertiary/aromatic N) is 3. The average molecular weight is 588 g/mol. The van der Waals surface area contributed by atoms with Crippen molar-refractivity contribution >= 4 is 50.4 Å². The van der Waals surface area contributed by atoms with Crippen LogP contribution in [-0.2, 0) is 16.4 Å². The minimum Gasteiger partial charge on any atom is -0.494 e. The summed E-state index contributed by atoms with van der Waals surface area (Å²) in [6, 6.07) is 12.1. The lowest BCUT2D eigenvalue weighted by Gasteiger charge is -2.31. The van der Waals surface area contributed by atoms with Crippen LogP contribution in [-0.4, -0.2) is 78.2 Å². The third-order valence-corrected chi connectivity index (χ3v) is 9.03. The molecule has 3 N–H and O–H groups in total. The number of halogens is 1. The Balaban J connectivity index is 0.00000353. The van der Waals surface area contributed by atoms with Crippen LogP contribution in [0, 0.1) is 0 Å². The number of fused-ring (bicyclic) bond motifs is 1. The molecular formula is C27H30ClN5O4S2. The molecule has 5 rings (SSSR count). The van der Waals surface area contributed by atoms with E-state index in [1.54, 1.807) is 41.7 Å². The molecule has 1 amide bonds. The van der Waals surface area contributed by atoms with Gasteiger partial charge in [0.25, 0.3) is 5.91 Å². The van der Waals surface area contributed by atoms with Crippen molar-refractivity contribution in [3.63, 3.8) is 0 Å². The van der Waals surface area contributed by atoms with E-state index in [2.05, 4.69) is 32.1 Å². The second-order valence-corrected chi connectivity index (χ2v) is 12.3. The van der Waals surface area contributed by atoms with Gasteiger partial charge in [-0.1, -0.05) is 12.1 Å². The number of carbonyl (C=O) groups is 1. The lowest BCUT2D eigenvalue weighted by Crippen LogP contribution is -2.41. The van der Waals surface area contributed by atoms with Crippen molar-refractivity contribution in [2.24, 2.45) is 0 Å². The molecule has 4 heterocycles. The summed E-state index contributed by atoms with van der Waals surface area (Å²) in [6.45, 7) is 4.07. The fourth-order valence-electron chi connectivity index (χ4n) is 4.36. The molecule has 0 atom stereocenters. The zero-order chi connectivity index (χ0) is 26.7. The fourth-order valence-corrected chi connectivity index (χ4v) is 6.02. The average Bonchev–Trinajstić information content (AvgIpc) is 3.55. The molecule has 3 aromatic heterocycles.